The van der Waals surface area contributed by atoms with E-state index in [-0.39, 0.29) is 13.0 Å². The number of hydrogen-bond acceptors (Lipinski definition) is 5. The molecule has 0 aromatic heterocycles. The molecule has 8 heteroatoms. The maximum absolute atomic E-state index is 13.8. The summed E-state index contributed by atoms with van der Waals surface area (Å²) in [7, 11) is -7.80. The Morgan fingerprint density at radius 2 is 1.67 bits per heavy atom. The Morgan fingerprint density at radius 3 is 2.06 bits per heavy atom. The molecule has 18 heavy (non-hydrogen) atoms. The fourth-order valence-electron chi connectivity index (χ4n) is 1.57. The molecule has 0 fully saturated rings. The Labute approximate surface area is 106 Å². The first-order valence-corrected chi connectivity index (χ1v) is 8.78. The number of rotatable bonds is 4. The van der Waals surface area contributed by atoms with E-state index in [9.17, 15) is 21.2 Å². The smallest absolute Gasteiger partial charge is 0.179 e. The molecule has 0 saturated carbocycles. The van der Waals surface area contributed by atoms with Gasteiger partial charge >= 0.3 is 0 Å². The number of halogens is 1. The largest absolute Gasteiger partial charge is 0.330 e. The molecule has 0 aliphatic rings. The van der Waals surface area contributed by atoms with E-state index >= 15 is 0 Å². The molecule has 0 heterocycles. The van der Waals surface area contributed by atoms with Crippen LogP contribution in [0.25, 0.3) is 0 Å². The summed E-state index contributed by atoms with van der Waals surface area (Å²) in [5.41, 5.74) is 5.65. The van der Waals surface area contributed by atoms with E-state index in [2.05, 4.69) is 0 Å². The molecule has 0 spiro atoms. The molecule has 0 amide bonds. The molecule has 102 valence electrons. The minimum atomic E-state index is -3.96. The average molecular weight is 295 g/mol. The van der Waals surface area contributed by atoms with Gasteiger partial charge in [0.05, 0.1) is 4.90 Å². The minimum Gasteiger partial charge on any atom is -0.330 e. The van der Waals surface area contributed by atoms with Gasteiger partial charge in [-0.1, -0.05) is 0 Å². The first kappa shape index (κ1) is 15.1. The van der Waals surface area contributed by atoms with Gasteiger partial charge in [0.1, 0.15) is 10.7 Å². The van der Waals surface area contributed by atoms with E-state index < -0.39 is 35.3 Å². The van der Waals surface area contributed by atoms with E-state index in [1.165, 1.54) is 0 Å². The second-order valence-electron chi connectivity index (χ2n) is 3.99. The lowest BCUT2D eigenvalue weighted by atomic mass is 10.1. The van der Waals surface area contributed by atoms with Gasteiger partial charge in [0.25, 0.3) is 0 Å². The van der Waals surface area contributed by atoms with Crippen LogP contribution in [-0.4, -0.2) is 35.9 Å². The molecule has 2 N–H and O–H groups in total. The molecule has 0 bridgehead atoms. The highest BCUT2D eigenvalue weighted by molar-refractivity contribution is 7.93. The van der Waals surface area contributed by atoms with Crippen molar-refractivity contribution in [2.75, 3.05) is 19.1 Å². The topological polar surface area (TPSA) is 94.3 Å². The van der Waals surface area contributed by atoms with Gasteiger partial charge in [-0.2, -0.15) is 0 Å². The van der Waals surface area contributed by atoms with Crippen molar-refractivity contribution in [1.82, 2.24) is 0 Å². The summed E-state index contributed by atoms with van der Waals surface area (Å²) in [6, 6.07) is 2.15. The van der Waals surface area contributed by atoms with Crippen LogP contribution in [0, 0.1) is 5.82 Å². The van der Waals surface area contributed by atoms with Gasteiger partial charge < -0.3 is 5.73 Å². The Bertz CT molecular complexity index is 665. The summed E-state index contributed by atoms with van der Waals surface area (Å²) in [6.45, 7) is 0.209. The summed E-state index contributed by atoms with van der Waals surface area (Å²) in [5.74, 6) is -1.07. The SMILES string of the molecule is CS(=O)(=O)c1cc(CCN)cc(F)c1S(C)(=O)=O. The lowest BCUT2D eigenvalue weighted by molar-refractivity contribution is 0.552. The first-order chi connectivity index (χ1) is 8.07. The summed E-state index contributed by atoms with van der Waals surface area (Å²) in [5, 5.41) is 0. The molecule has 0 radical (unpaired) electrons. The van der Waals surface area contributed by atoms with Crippen molar-refractivity contribution in [1.29, 1.82) is 0 Å². The van der Waals surface area contributed by atoms with E-state index in [1.54, 1.807) is 0 Å². The van der Waals surface area contributed by atoms with E-state index in [1.807, 2.05) is 0 Å². The highest BCUT2D eigenvalue weighted by atomic mass is 32.2. The predicted octanol–water partition coefficient (Wildman–Crippen LogP) is 0.134. The summed E-state index contributed by atoms with van der Waals surface area (Å²) < 4.78 is 59.8. The van der Waals surface area contributed by atoms with Gasteiger partial charge in [0.2, 0.25) is 0 Å². The van der Waals surface area contributed by atoms with Gasteiger partial charge in [-0.25, -0.2) is 21.2 Å². The van der Waals surface area contributed by atoms with Gasteiger partial charge in [-0.15, -0.1) is 0 Å². The van der Waals surface area contributed by atoms with Crippen LogP contribution in [0.3, 0.4) is 0 Å². The third kappa shape index (κ3) is 3.27. The predicted molar refractivity (Wildman–Crippen MR) is 65.4 cm³/mol. The Hall–Kier alpha value is -0.990. The highest BCUT2D eigenvalue weighted by Gasteiger charge is 2.25. The zero-order chi connectivity index (χ0) is 14.1. The molecule has 0 aliphatic heterocycles. The maximum Gasteiger partial charge on any atom is 0.179 e. The number of hydrogen-bond donors (Lipinski definition) is 1. The third-order valence-corrected chi connectivity index (χ3v) is 4.68. The normalized spacial score (nSPS) is 12.7. The molecule has 1 aromatic carbocycles. The van der Waals surface area contributed by atoms with Crippen molar-refractivity contribution >= 4 is 19.7 Å². The van der Waals surface area contributed by atoms with Crippen molar-refractivity contribution in [3.63, 3.8) is 0 Å². The van der Waals surface area contributed by atoms with Crippen molar-refractivity contribution in [3.8, 4) is 0 Å². The van der Waals surface area contributed by atoms with Gasteiger partial charge in [0, 0.05) is 12.5 Å². The lowest BCUT2D eigenvalue weighted by Gasteiger charge is -2.10. The molecular formula is C10H14FNO4S2. The van der Waals surface area contributed by atoms with Crippen LogP contribution < -0.4 is 5.73 Å². The van der Waals surface area contributed by atoms with E-state index in [0.29, 0.717) is 5.56 Å². The van der Waals surface area contributed by atoms with Crippen molar-refractivity contribution in [2.45, 2.75) is 16.2 Å². The molecular weight excluding hydrogens is 281 g/mol. The summed E-state index contributed by atoms with van der Waals surface area (Å²) in [6.07, 6.45) is 1.87. The fourth-order valence-corrected chi connectivity index (χ4v) is 4.11. The molecule has 0 atom stereocenters. The zero-order valence-electron chi connectivity index (χ0n) is 9.97. The Kier molecular flexibility index (Phi) is 4.14. The average Bonchev–Trinajstić information content (AvgIpc) is 2.13. The number of benzene rings is 1. The van der Waals surface area contributed by atoms with Crippen molar-refractivity contribution in [3.05, 3.63) is 23.5 Å². The quantitative estimate of drug-likeness (QED) is 0.852. The maximum atomic E-state index is 13.8. The second kappa shape index (κ2) is 4.94. The van der Waals surface area contributed by atoms with Crippen LogP contribution in [0.15, 0.2) is 21.9 Å². The van der Waals surface area contributed by atoms with Gasteiger partial charge in [-0.3, -0.25) is 0 Å². The summed E-state index contributed by atoms with van der Waals surface area (Å²) >= 11 is 0. The minimum absolute atomic E-state index is 0.209. The van der Waals surface area contributed by atoms with Crippen molar-refractivity contribution < 1.29 is 21.2 Å². The molecule has 0 unspecified atom stereocenters. The molecule has 5 nitrogen and oxygen atoms in total. The number of sulfone groups is 2. The molecule has 0 saturated heterocycles. The van der Waals surface area contributed by atoms with E-state index in [4.69, 9.17) is 5.73 Å². The lowest BCUT2D eigenvalue weighted by Crippen LogP contribution is -2.12. The van der Waals surface area contributed by atoms with Crippen LogP contribution in [0.1, 0.15) is 5.56 Å². The Balaban J connectivity index is 3.73. The fraction of sp³-hybridized carbons (Fsp3) is 0.400. The molecule has 1 rings (SSSR count). The van der Waals surface area contributed by atoms with Gasteiger partial charge in [-0.05, 0) is 30.7 Å². The molecule has 1 aromatic rings. The van der Waals surface area contributed by atoms with Crippen LogP contribution in [-0.2, 0) is 26.1 Å². The zero-order valence-corrected chi connectivity index (χ0v) is 11.6. The monoisotopic (exact) mass is 295 g/mol. The second-order valence-corrected chi connectivity index (χ2v) is 7.92. The van der Waals surface area contributed by atoms with Crippen LogP contribution in [0.5, 0.6) is 0 Å². The third-order valence-electron chi connectivity index (χ3n) is 2.27. The summed E-state index contributed by atoms with van der Waals surface area (Å²) in [4.78, 5) is -1.31. The van der Waals surface area contributed by atoms with Crippen molar-refractivity contribution in [2.24, 2.45) is 5.73 Å². The number of nitrogens with two attached hydrogens (primary N) is 1. The Morgan fingerprint density at radius 1 is 1.11 bits per heavy atom. The van der Waals surface area contributed by atoms with Gasteiger partial charge in [0.15, 0.2) is 19.7 Å². The highest BCUT2D eigenvalue weighted by Crippen LogP contribution is 2.26. The molecule has 0 aliphatic carbocycles. The first-order valence-electron chi connectivity index (χ1n) is 5.00. The van der Waals surface area contributed by atoms with E-state index in [0.717, 1.165) is 24.6 Å². The van der Waals surface area contributed by atoms with Crippen LogP contribution in [0.4, 0.5) is 4.39 Å². The standard InChI is InChI=1S/C10H14FNO4S2/c1-17(13,14)9-6-7(3-4-12)5-8(11)10(9)18(2,15)16/h5-6H,3-4,12H2,1-2H3. The van der Waals surface area contributed by atoms with Crippen LogP contribution in [0.2, 0.25) is 0 Å². The van der Waals surface area contributed by atoms with Crippen LogP contribution >= 0.6 is 0 Å².